The van der Waals surface area contributed by atoms with Crippen LogP contribution in [0.15, 0.2) is 467 Å². The molecule has 0 N–H and O–H groups in total. The van der Waals surface area contributed by atoms with E-state index in [1.54, 1.807) is 0 Å². The number of nitrogens with zero attached hydrogens (tertiary/aromatic N) is 9. The van der Waals surface area contributed by atoms with E-state index in [-0.39, 0.29) is 0 Å². The molecule has 0 saturated carbocycles. The summed E-state index contributed by atoms with van der Waals surface area (Å²) in [7, 11) is 0. The lowest BCUT2D eigenvalue weighted by Crippen LogP contribution is -2.00. The van der Waals surface area contributed by atoms with E-state index < -0.39 is 0 Å². The molecule has 0 bridgehead atoms. The summed E-state index contributed by atoms with van der Waals surface area (Å²) < 4.78 is 14.8. The number of fused-ring (bicyclic) bond motifs is 28. The van der Waals surface area contributed by atoms with Crippen LogP contribution < -0.4 is 0 Å². The van der Waals surface area contributed by atoms with Crippen molar-refractivity contribution in [3.05, 3.63) is 467 Å². The summed E-state index contributed by atoms with van der Waals surface area (Å²) in [4.78, 5) is 21.9. The molecule has 10 heteroatoms. The number of hydrogen-bond donors (Lipinski definition) is 0. The van der Waals surface area contributed by atoms with Crippen LogP contribution in [-0.4, -0.2) is 42.8 Å². The summed E-state index contributed by atoms with van der Waals surface area (Å²) in [5.74, 6) is 0. The molecule has 0 atom stereocenters. The summed E-state index contributed by atoms with van der Waals surface area (Å²) in [6.45, 7) is 0. The third-order valence-electron chi connectivity index (χ3n) is 29.3. The second-order valence-corrected chi connectivity index (χ2v) is 38.1. The molecule has 0 amide bonds. The van der Waals surface area contributed by atoms with E-state index in [0.717, 1.165) is 139 Å². The van der Waals surface area contributed by atoms with Crippen molar-refractivity contribution in [2.45, 2.75) is 0 Å². The fraction of sp³-hybridized carbons (Fsp3) is 0. The fourth-order valence-electron chi connectivity index (χ4n) is 23.1. The largest absolute Gasteiger partial charge is 0.309 e. The zero-order chi connectivity index (χ0) is 91.5. The summed E-state index contributed by atoms with van der Waals surface area (Å²) in [5, 5.41) is 29.1. The molecule has 0 aliphatic rings. The van der Waals surface area contributed by atoms with Crippen molar-refractivity contribution in [2.75, 3.05) is 0 Å². The van der Waals surface area contributed by atoms with E-state index in [4.69, 9.17) is 19.9 Å². The lowest BCUT2D eigenvalue weighted by molar-refractivity contribution is 1.18. The molecule has 9 nitrogen and oxygen atoms in total. The van der Waals surface area contributed by atoms with Gasteiger partial charge in [0.15, 0.2) is 0 Å². The zero-order valence-electron chi connectivity index (χ0n) is 75.4. The van der Waals surface area contributed by atoms with Crippen molar-refractivity contribution in [3.63, 3.8) is 0 Å². The van der Waals surface area contributed by atoms with Crippen molar-refractivity contribution < 1.29 is 0 Å². The summed E-state index contributed by atoms with van der Waals surface area (Å²) in [6, 6.07) is 170. The molecule has 31 aromatic rings. The molecule has 0 fully saturated rings. The number of aromatic nitrogens is 9. The SMILES string of the molecule is c1ccc(-n2c3ccccc3c3ccc(-c4nc5ccccc5nc4-c4cc(-n5c6ccccc6c6cc7ccc(-n8c9ccccc9c9ccc%10ccccc%10c98)cc7cc65)c5ccccc5c4)cc32)cc1.c1ccc2c(-n3c4ccccc4c4cc5ccc(-n6c7ccccc7c7ccc8ccccc8c76)cc5cc43)cc(-c3nc4ccccc4nc3-c3ccc4c(c3)sc3ccccc34)cc2c1. The van der Waals surface area contributed by atoms with Gasteiger partial charge < -0.3 is 22.8 Å². The molecular weight excluding hydrogens is 1720 g/mol. The van der Waals surface area contributed by atoms with E-state index in [1.807, 2.05) is 35.6 Å². The van der Waals surface area contributed by atoms with Crippen LogP contribution >= 0.6 is 11.3 Å². The van der Waals surface area contributed by atoms with Crippen LogP contribution in [0.2, 0.25) is 0 Å². The summed E-state index contributed by atoms with van der Waals surface area (Å²) in [5.41, 5.74) is 28.3. The van der Waals surface area contributed by atoms with Gasteiger partial charge in [-0.2, -0.15) is 0 Å². The van der Waals surface area contributed by atoms with Crippen molar-refractivity contribution >= 4 is 227 Å². The monoisotopic (exact) mass is 1800 g/mol. The molecule has 0 radical (unpaired) electrons. The first-order valence-corrected chi connectivity index (χ1v) is 48.6. The Kier molecular flexibility index (Phi) is 17.0. The Hall–Kier alpha value is -18.5. The van der Waals surface area contributed by atoms with Crippen molar-refractivity contribution in [2.24, 2.45) is 0 Å². The second kappa shape index (κ2) is 30.5. The molecule has 140 heavy (non-hydrogen) atoms. The Morgan fingerprint density at radius 2 is 0.479 bits per heavy atom. The maximum atomic E-state index is 5.54. The molecule has 8 heterocycles. The maximum Gasteiger partial charge on any atom is 0.0974 e. The smallest absolute Gasteiger partial charge is 0.0974 e. The fourth-order valence-corrected chi connectivity index (χ4v) is 24.2. The zero-order valence-corrected chi connectivity index (χ0v) is 76.2. The molecule has 0 aliphatic heterocycles. The highest BCUT2D eigenvalue weighted by Gasteiger charge is 2.27. The topological polar surface area (TPSA) is 76.2 Å². The highest BCUT2D eigenvalue weighted by molar-refractivity contribution is 7.25. The van der Waals surface area contributed by atoms with Gasteiger partial charge in [-0.3, -0.25) is 0 Å². The predicted molar refractivity (Wildman–Crippen MR) is 590 cm³/mol. The first kappa shape index (κ1) is 77.9. The Bertz CT molecular complexity index is 10800. The van der Waals surface area contributed by atoms with Crippen LogP contribution in [0.25, 0.3) is 289 Å². The third-order valence-corrected chi connectivity index (χ3v) is 30.5. The molecule has 0 unspecified atom stereocenters. The number of para-hydroxylation sites is 10. The average Bonchev–Trinajstić information content (AvgIpc) is 1.57. The number of thiophene rings is 1. The molecule has 8 aromatic heterocycles. The van der Waals surface area contributed by atoms with Crippen LogP contribution in [0.1, 0.15) is 0 Å². The highest BCUT2D eigenvalue weighted by Crippen LogP contribution is 2.49. The van der Waals surface area contributed by atoms with Gasteiger partial charge in [0.25, 0.3) is 0 Å². The first-order valence-electron chi connectivity index (χ1n) is 47.8. The van der Waals surface area contributed by atoms with Crippen LogP contribution in [0, 0.1) is 0 Å². The molecule has 0 spiro atoms. The Labute approximate surface area is 804 Å². The summed E-state index contributed by atoms with van der Waals surface area (Å²) in [6.07, 6.45) is 0. The van der Waals surface area contributed by atoms with Gasteiger partial charge >= 0.3 is 0 Å². The van der Waals surface area contributed by atoms with E-state index in [1.165, 1.54) is 150 Å². The molecule has 648 valence electrons. The van der Waals surface area contributed by atoms with Crippen molar-refractivity contribution in [1.82, 2.24) is 42.8 Å². The maximum absolute atomic E-state index is 5.54. The molecule has 0 saturated heterocycles. The van der Waals surface area contributed by atoms with Gasteiger partial charge in [0, 0.05) is 135 Å². The van der Waals surface area contributed by atoms with Gasteiger partial charge in [-0.25, -0.2) is 19.9 Å². The second-order valence-electron chi connectivity index (χ2n) is 37.1. The molecule has 0 aliphatic carbocycles. The van der Waals surface area contributed by atoms with Gasteiger partial charge in [0.05, 0.1) is 111 Å². The highest BCUT2D eigenvalue weighted by atomic mass is 32.1. The van der Waals surface area contributed by atoms with Gasteiger partial charge in [-0.1, -0.05) is 309 Å². The minimum absolute atomic E-state index is 0.835. The molecule has 23 aromatic carbocycles. The van der Waals surface area contributed by atoms with E-state index in [0.29, 0.717) is 0 Å². The quantitative estimate of drug-likeness (QED) is 0.144. The Balaban J connectivity index is 0.000000132. The van der Waals surface area contributed by atoms with E-state index in [9.17, 15) is 0 Å². The predicted octanol–water partition coefficient (Wildman–Crippen LogP) is 34.7. The van der Waals surface area contributed by atoms with Crippen LogP contribution in [0.4, 0.5) is 0 Å². The minimum Gasteiger partial charge on any atom is -0.309 e. The van der Waals surface area contributed by atoms with E-state index in [2.05, 4.69) is 466 Å². The van der Waals surface area contributed by atoms with Crippen LogP contribution in [-0.2, 0) is 0 Å². The molecule has 31 rings (SSSR count). The Morgan fingerprint density at radius 3 is 0.957 bits per heavy atom. The van der Waals surface area contributed by atoms with Gasteiger partial charge in [-0.15, -0.1) is 11.3 Å². The lowest BCUT2D eigenvalue weighted by atomic mass is 9.98. The standard InChI is InChI=1S/C68H41N5.C62H36N4S/c1-2-18-48(19-3-1)71-60-27-13-8-22-52(60)55-34-32-45(39-64(55)71)66-67(70-59-26-12-11-25-58(59)69-66)47-36-44-17-5-6-20-50(44)63(41-47)73-62-29-15-10-24-54(62)57-38-43-30-33-49(37-46(43)40-65(57)73)72-61-28-14-9-23-53(61)56-35-31-42-16-4-7-21-51(42)68(56)72;1-4-16-45-37(13-1)26-30-50-46-17-5-10-22-54(46)65(62(45)50)43-28-25-38-33-51-47-18-6-11-23-55(47)66(57(51)34-41(38)32-43)56-35-42(31-39-14-2-3-15-44(39)56)61-60(63-52-20-8-9-21-53(52)64-61)40-27-29-49-48-19-7-12-24-58(48)67-59(49)36-40/h1-41H;1-36H. The minimum atomic E-state index is 0.835. The number of benzene rings is 23. The third kappa shape index (κ3) is 11.9. The lowest BCUT2D eigenvalue weighted by Gasteiger charge is -2.17. The Morgan fingerprint density at radius 1 is 0.150 bits per heavy atom. The van der Waals surface area contributed by atoms with Crippen molar-refractivity contribution in [3.8, 4) is 73.5 Å². The van der Waals surface area contributed by atoms with Crippen LogP contribution in [0.3, 0.4) is 0 Å². The van der Waals surface area contributed by atoms with Gasteiger partial charge in [-0.05, 0) is 201 Å². The van der Waals surface area contributed by atoms with Gasteiger partial charge in [0.2, 0.25) is 0 Å². The average molecular weight is 1800 g/mol. The number of hydrogen-bond acceptors (Lipinski definition) is 5. The van der Waals surface area contributed by atoms with Gasteiger partial charge in [0.1, 0.15) is 0 Å². The summed E-state index contributed by atoms with van der Waals surface area (Å²) >= 11 is 1.83. The van der Waals surface area contributed by atoms with Crippen LogP contribution in [0.5, 0.6) is 0 Å². The first-order chi connectivity index (χ1) is 69.4. The van der Waals surface area contributed by atoms with E-state index >= 15 is 0 Å². The number of rotatable bonds is 9. The normalized spacial score (nSPS) is 12.1. The van der Waals surface area contributed by atoms with Crippen molar-refractivity contribution in [1.29, 1.82) is 0 Å². The molecular formula is C130H77N9S.